The number of rotatable bonds is 3. The van der Waals surface area contributed by atoms with E-state index in [1.165, 1.54) is 30.6 Å². The summed E-state index contributed by atoms with van der Waals surface area (Å²) in [6.45, 7) is 0.934. The zero-order chi connectivity index (χ0) is 15.5. The van der Waals surface area contributed by atoms with Gasteiger partial charge in [0.15, 0.2) is 0 Å². The molecular formula is C14H21N5O2S. The van der Waals surface area contributed by atoms with E-state index in [0.29, 0.717) is 30.6 Å². The lowest BCUT2D eigenvalue weighted by molar-refractivity contribution is -0.121. The molecule has 1 saturated heterocycles. The number of carbonyl (C=O) groups is 2. The summed E-state index contributed by atoms with van der Waals surface area (Å²) in [5.41, 5.74) is 5.28. The van der Waals surface area contributed by atoms with Gasteiger partial charge in [-0.2, -0.15) is 0 Å². The maximum atomic E-state index is 12.2. The third kappa shape index (κ3) is 3.37. The molecular weight excluding hydrogens is 302 g/mol. The molecule has 2 aliphatic rings. The van der Waals surface area contributed by atoms with Crippen molar-refractivity contribution >= 4 is 28.4 Å². The van der Waals surface area contributed by atoms with Crippen molar-refractivity contribution in [1.82, 2.24) is 15.1 Å². The van der Waals surface area contributed by atoms with Crippen LogP contribution >= 0.6 is 11.3 Å². The lowest BCUT2D eigenvalue weighted by Gasteiger charge is -2.18. The normalized spacial score (nSPS) is 22.7. The molecule has 1 aromatic heterocycles. The monoisotopic (exact) mass is 323 g/mol. The highest BCUT2D eigenvalue weighted by atomic mass is 32.1. The van der Waals surface area contributed by atoms with Crippen LogP contribution in [0.5, 0.6) is 0 Å². The average Bonchev–Trinajstić information content (AvgIpc) is 3.17. The first kappa shape index (κ1) is 15.2. The van der Waals surface area contributed by atoms with E-state index in [1.807, 2.05) is 0 Å². The quantitative estimate of drug-likeness (QED) is 0.887. The number of urea groups is 1. The van der Waals surface area contributed by atoms with Crippen molar-refractivity contribution in [1.29, 1.82) is 0 Å². The number of carbonyl (C=O) groups excluding carboxylic acids is 2. The SMILES string of the molecule is NC(=O)[C@@H]1CCN(C(=O)Nc2nnc(C3CCCCC3)s2)C1. The van der Waals surface area contributed by atoms with E-state index < -0.39 is 0 Å². The molecule has 1 saturated carbocycles. The number of primary amides is 1. The molecule has 3 N–H and O–H groups in total. The molecule has 120 valence electrons. The van der Waals surface area contributed by atoms with Crippen LogP contribution in [0.15, 0.2) is 0 Å². The predicted molar refractivity (Wildman–Crippen MR) is 83.6 cm³/mol. The Morgan fingerprint density at radius 3 is 2.64 bits per heavy atom. The van der Waals surface area contributed by atoms with Gasteiger partial charge in [-0.3, -0.25) is 10.1 Å². The van der Waals surface area contributed by atoms with Gasteiger partial charge in [0.1, 0.15) is 5.01 Å². The number of aromatic nitrogens is 2. The van der Waals surface area contributed by atoms with Gasteiger partial charge in [-0.1, -0.05) is 30.6 Å². The maximum absolute atomic E-state index is 12.2. The van der Waals surface area contributed by atoms with Crippen molar-refractivity contribution in [2.75, 3.05) is 18.4 Å². The molecule has 0 bridgehead atoms. The third-order valence-corrected chi connectivity index (χ3v) is 5.49. The summed E-state index contributed by atoms with van der Waals surface area (Å²) in [6.07, 6.45) is 6.74. The van der Waals surface area contributed by atoms with Crippen molar-refractivity contribution in [2.45, 2.75) is 44.4 Å². The molecule has 2 fully saturated rings. The molecule has 22 heavy (non-hydrogen) atoms. The Morgan fingerprint density at radius 1 is 1.18 bits per heavy atom. The van der Waals surface area contributed by atoms with Crippen molar-refractivity contribution in [3.8, 4) is 0 Å². The van der Waals surface area contributed by atoms with Crippen molar-refractivity contribution < 1.29 is 9.59 Å². The molecule has 0 unspecified atom stereocenters. The first-order valence-corrected chi connectivity index (χ1v) is 8.64. The van der Waals surface area contributed by atoms with E-state index in [0.717, 1.165) is 17.8 Å². The molecule has 2 heterocycles. The van der Waals surface area contributed by atoms with Gasteiger partial charge in [0.25, 0.3) is 0 Å². The van der Waals surface area contributed by atoms with E-state index in [2.05, 4.69) is 15.5 Å². The number of nitrogens with zero attached hydrogens (tertiary/aromatic N) is 3. The molecule has 7 nitrogen and oxygen atoms in total. The molecule has 0 spiro atoms. The number of likely N-dealkylation sites (tertiary alicyclic amines) is 1. The van der Waals surface area contributed by atoms with Gasteiger partial charge in [0.05, 0.1) is 5.92 Å². The minimum absolute atomic E-state index is 0.227. The van der Waals surface area contributed by atoms with Crippen LogP contribution in [0.25, 0.3) is 0 Å². The van der Waals surface area contributed by atoms with Crippen LogP contribution in [-0.2, 0) is 4.79 Å². The number of nitrogens with two attached hydrogens (primary N) is 1. The highest BCUT2D eigenvalue weighted by molar-refractivity contribution is 7.15. The van der Waals surface area contributed by atoms with Crippen LogP contribution in [0.3, 0.4) is 0 Å². The van der Waals surface area contributed by atoms with Gasteiger partial charge in [-0.15, -0.1) is 10.2 Å². The fourth-order valence-electron chi connectivity index (χ4n) is 3.15. The average molecular weight is 323 g/mol. The second-order valence-electron chi connectivity index (χ2n) is 6.04. The zero-order valence-electron chi connectivity index (χ0n) is 12.5. The first-order chi connectivity index (χ1) is 10.6. The Labute approximate surface area is 133 Å². The van der Waals surface area contributed by atoms with Gasteiger partial charge in [-0.25, -0.2) is 4.79 Å². The molecule has 1 aliphatic heterocycles. The standard InChI is InChI=1S/C14H21N5O2S/c15-11(20)10-6-7-19(8-10)14(21)16-13-18-17-12(22-13)9-4-2-1-3-5-9/h9-10H,1-8H2,(H2,15,20)(H,16,18,21)/t10-/m1/s1. The van der Waals surface area contributed by atoms with E-state index in [1.54, 1.807) is 4.90 Å². The fraction of sp³-hybridized carbons (Fsp3) is 0.714. The molecule has 0 aromatic carbocycles. The Hall–Kier alpha value is -1.70. The Bertz CT molecular complexity index is 555. The smallest absolute Gasteiger partial charge is 0.323 e. The lowest BCUT2D eigenvalue weighted by atomic mass is 9.90. The molecule has 1 aromatic rings. The zero-order valence-corrected chi connectivity index (χ0v) is 13.3. The maximum Gasteiger partial charge on any atom is 0.323 e. The first-order valence-electron chi connectivity index (χ1n) is 7.82. The Morgan fingerprint density at radius 2 is 1.95 bits per heavy atom. The fourth-order valence-corrected chi connectivity index (χ4v) is 4.05. The largest absolute Gasteiger partial charge is 0.369 e. The van der Waals surface area contributed by atoms with Gasteiger partial charge >= 0.3 is 6.03 Å². The summed E-state index contributed by atoms with van der Waals surface area (Å²) in [6, 6.07) is -0.227. The highest BCUT2D eigenvalue weighted by Gasteiger charge is 2.30. The van der Waals surface area contributed by atoms with Crippen LogP contribution < -0.4 is 11.1 Å². The van der Waals surface area contributed by atoms with E-state index in [9.17, 15) is 9.59 Å². The van der Waals surface area contributed by atoms with E-state index in [-0.39, 0.29) is 17.9 Å². The van der Waals surface area contributed by atoms with Crippen molar-refractivity contribution in [3.63, 3.8) is 0 Å². The minimum Gasteiger partial charge on any atom is -0.369 e. The second-order valence-corrected chi connectivity index (χ2v) is 7.05. The van der Waals surface area contributed by atoms with Crippen LogP contribution in [0.2, 0.25) is 0 Å². The molecule has 0 radical (unpaired) electrons. The van der Waals surface area contributed by atoms with E-state index in [4.69, 9.17) is 5.73 Å². The highest BCUT2D eigenvalue weighted by Crippen LogP contribution is 2.35. The van der Waals surface area contributed by atoms with Gasteiger partial charge < -0.3 is 10.6 Å². The molecule has 3 rings (SSSR count). The van der Waals surface area contributed by atoms with Crippen molar-refractivity contribution in [2.24, 2.45) is 11.7 Å². The summed E-state index contributed by atoms with van der Waals surface area (Å²) in [4.78, 5) is 24.9. The van der Waals surface area contributed by atoms with Crippen LogP contribution in [0, 0.1) is 5.92 Å². The van der Waals surface area contributed by atoms with E-state index >= 15 is 0 Å². The molecule has 8 heteroatoms. The topological polar surface area (TPSA) is 101 Å². The summed E-state index contributed by atoms with van der Waals surface area (Å²) < 4.78 is 0. The number of hydrogen-bond donors (Lipinski definition) is 2. The number of anilines is 1. The number of nitrogens with one attached hydrogen (secondary N) is 1. The van der Waals surface area contributed by atoms with Crippen LogP contribution in [0.4, 0.5) is 9.93 Å². The molecule has 1 aliphatic carbocycles. The van der Waals surface area contributed by atoms with Crippen molar-refractivity contribution in [3.05, 3.63) is 5.01 Å². The summed E-state index contributed by atoms with van der Waals surface area (Å²) in [7, 11) is 0. The number of hydrogen-bond acceptors (Lipinski definition) is 5. The second kappa shape index (κ2) is 6.60. The molecule has 1 atom stereocenters. The molecule has 3 amide bonds. The van der Waals surface area contributed by atoms with Crippen LogP contribution in [0.1, 0.15) is 49.5 Å². The summed E-state index contributed by atoms with van der Waals surface area (Å²) >= 11 is 1.46. The van der Waals surface area contributed by atoms with Crippen LogP contribution in [-0.4, -0.2) is 40.1 Å². The van der Waals surface area contributed by atoms with Gasteiger partial charge in [0.2, 0.25) is 11.0 Å². The minimum atomic E-state index is -0.342. The predicted octanol–water partition coefficient (Wildman–Crippen LogP) is 1.92. The number of amides is 3. The van der Waals surface area contributed by atoms with Gasteiger partial charge in [0, 0.05) is 19.0 Å². The third-order valence-electron chi connectivity index (χ3n) is 4.49. The van der Waals surface area contributed by atoms with Gasteiger partial charge in [-0.05, 0) is 19.3 Å². The Kier molecular flexibility index (Phi) is 4.56. The summed E-state index contributed by atoms with van der Waals surface area (Å²) in [5.74, 6) is -0.0910. The lowest BCUT2D eigenvalue weighted by Crippen LogP contribution is -2.34. The Balaban J connectivity index is 1.56. The summed E-state index contributed by atoms with van der Waals surface area (Å²) in [5, 5.41) is 12.6.